The van der Waals surface area contributed by atoms with Crippen molar-refractivity contribution in [1.82, 2.24) is 4.90 Å². The number of benzene rings is 1. The summed E-state index contributed by atoms with van der Waals surface area (Å²) in [6, 6.07) is 1.99. The molecule has 2 atom stereocenters. The predicted molar refractivity (Wildman–Crippen MR) is 97.7 cm³/mol. The summed E-state index contributed by atoms with van der Waals surface area (Å²) >= 11 is 0. The van der Waals surface area contributed by atoms with Crippen LogP contribution in [-0.4, -0.2) is 34.5 Å². The Morgan fingerprint density at radius 2 is 1.66 bits per heavy atom. The van der Waals surface area contributed by atoms with E-state index in [-0.39, 0.29) is 35.8 Å². The highest BCUT2D eigenvalue weighted by atomic mass is 19.4. The van der Waals surface area contributed by atoms with Crippen LogP contribution in [0.5, 0.6) is 0 Å². The largest absolute Gasteiger partial charge is 0.444 e. The number of carbonyl (C=O) groups excluding carboxylic acids is 2. The molecule has 0 saturated carbocycles. The Hall–Kier alpha value is -2.12. The summed E-state index contributed by atoms with van der Waals surface area (Å²) < 4.78 is 57.7. The van der Waals surface area contributed by atoms with Gasteiger partial charge in [-0.05, 0) is 70.2 Å². The number of fused-ring (bicyclic) bond motifs is 2. The zero-order chi connectivity index (χ0) is 21.6. The average molecular weight is 415 g/mol. The number of carbonyl (C=O) groups is 2. The molecule has 4 nitrogen and oxygen atoms in total. The highest BCUT2D eigenvalue weighted by Gasteiger charge is 2.46. The highest BCUT2D eigenvalue weighted by Crippen LogP contribution is 2.40. The van der Waals surface area contributed by atoms with Crippen LogP contribution in [0.2, 0.25) is 0 Å². The molecule has 1 aromatic carbocycles. The zero-order valence-corrected chi connectivity index (χ0v) is 16.7. The standard InChI is InChI=1S/C21H25F4NO3/c1-20(2,3)29-19(28)26-16-4-5-17(26)10-13(9-16)18(27)8-12-6-14(21(23,24)25)11-15(22)7-12/h6-7,11,13,16-17H,4-5,8-10H2,1-3H3. The number of ketones is 1. The van der Waals surface area contributed by atoms with Crippen molar-refractivity contribution in [2.24, 2.45) is 5.92 Å². The van der Waals surface area contributed by atoms with Crippen LogP contribution in [0.25, 0.3) is 0 Å². The van der Waals surface area contributed by atoms with Gasteiger partial charge < -0.3 is 9.64 Å². The molecule has 2 aliphatic rings. The number of hydrogen-bond donors (Lipinski definition) is 0. The van der Waals surface area contributed by atoms with E-state index in [1.165, 1.54) is 0 Å². The maximum atomic E-state index is 13.6. The normalized spacial score (nSPS) is 24.5. The van der Waals surface area contributed by atoms with Gasteiger partial charge in [0, 0.05) is 24.4 Å². The molecule has 1 amide bonds. The molecule has 3 rings (SSSR count). The van der Waals surface area contributed by atoms with Gasteiger partial charge in [0.15, 0.2) is 0 Å². The molecule has 2 heterocycles. The van der Waals surface area contributed by atoms with E-state index in [1.807, 2.05) is 0 Å². The van der Waals surface area contributed by atoms with Crippen LogP contribution in [0.1, 0.15) is 57.6 Å². The fourth-order valence-corrected chi connectivity index (χ4v) is 4.31. The van der Waals surface area contributed by atoms with E-state index < -0.39 is 29.3 Å². The summed E-state index contributed by atoms with van der Waals surface area (Å²) in [6.07, 6.45) is -2.87. The van der Waals surface area contributed by atoms with Crippen molar-refractivity contribution in [2.45, 2.75) is 76.7 Å². The topological polar surface area (TPSA) is 46.6 Å². The first kappa shape index (κ1) is 21.6. The van der Waals surface area contributed by atoms with Crippen molar-refractivity contribution < 1.29 is 31.9 Å². The van der Waals surface area contributed by atoms with E-state index in [2.05, 4.69) is 0 Å². The summed E-state index contributed by atoms with van der Waals surface area (Å²) in [5.41, 5.74) is -1.69. The van der Waals surface area contributed by atoms with E-state index in [4.69, 9.17) is 4.74 Å². The predicted octanol–water partition coefficient (Wildman–Crippen LogP) is 5.13. The van der Waals surface area contributed by atoms with Crippen molar-refractivity contribution in [3.63, 3.8) is 0 Å². The highest BCUT2D eigenvalue weighted by molar-refractivity contribution is 5.84. The third kappa shape index (κ3) is 5.08. The van der Waals surface area contributed by atoms with Gasteiger partial charge in [0.1, 0.15) is 17.2 Å². The smallest absolute Gasteiger partial charge is 0.416 e. The van der Waals surface area contributed by atoms with Gasteiger partial charge in [0.25, 0.3) is 0 Å². The van der Waals surface area contributed by atoms with Crippen LogP contribution in [0, 0.1) is 11.7 Å². The third-order valence-electron chi connectivity index (χ3n) is 5.46. The Morgan fingerprint density at radius 1 is 1.07 bits per heavy atom. The number of rotatable bonds is 3. The number of piperidine rings is 1. The minimum atomic E-state index is -4.67. The van der Waals surface area contributed by atoms with E-state index in [1.54, 1.807) is 25.7 Å². The summed E-state index contributed by atoms with van der Waals surface area (Å²) in [5, 5.41) is 0. The molecule has 0 N–H and O–H groups in total. The van der Waals surface area contributed by atoms with E-state index in [0.717, 1.165) is 25.0 Å². The van der Waals surface area contributed by atoms with E-state index in [9.17, 15) is 27.2 Å². The maximum absolute atomic E-state index is 13.6. The molecule has 0 spiro atoms. The summed E-state index contributed by atoms with van der Waals surface area (Å²) in [5.74, 6) is -1.59. The Kier molecular flexibility index (Phi) is 5.66. The van der Waals surface area contributed by atoms with Crippen LogP contribution in [-0.2, 0) is 22.1 Å². The van der Waals surface area contributed by atoms with Crippen LogP contribution in [0.15, 0.2) is 18.2 Å². The van der Waals surface area contributed by atoms with Crippen LogP contribution >= 0.6 is 0 Å². The molecule has 8 heteroatoms. The number of alkyl halides is 3. The first-order chi connectivity index (χ1) is 13.3. The number of amides is 1. The molecule has 160 valence electrons. The minimum Gasteiger partial charge on any atom is -0.444 e. The van der Waals surface area contributed by atoms with Crippen LogP contribution in [0.3, 0.4) is 0 Å². The molecule has 2 aliphatic heterocycles. The number of hydrogen-bond acceptors (Lipinski definition) is 3. The summed E-state index contributed by atoms with van der Waals surface area (Å²) in [7, 11) is 0. The lowest BCUT2D eigenvalue weighted by atomic mass is 9.85. The van der Waals surface area contributed by atoms with Crippen molar-refractivity contribution in [1.29, 1.82) is 0 Å². The molecule has 1 aromatic rings. The second kappa shape index (κ2) is 7.61. The van der Waals surface area contributed by atoms with Gasteiger partial charge in [-0.3, -0.25) is 4.79 Å². The van der Waals surface area contributed by atoms with Gasteiger partial charge in [0.05, 0.1) is 5.56 Å². The Labute approximate surface area is 167 Å². The summed E-state index contributed by atoms with van der Waals surface area (Å²) in [4.78, 5) is 26.9. The van der Waals surface area contributed by atoms with Crippen molar-refractivity contribution >= 4 is 11.9 Å². The number of halogens is 4. The van der Waals surface area contributed by atoms with Gasteiger partial charge in [-0.2, -0.15) is 13.2 Å². The first-order valence-corrected chi connectivity index (χ1v) is 9.74. The average Bonchev–Trinajstić information content (AvgIpc) is 2.82. The minimum absolute atomic E-state index is 0.0178. The van der Waals surface area contributed by atoms with E-state index >= 15 is 0 Å². The van der Waals surface area contributed by atoms with Gasteiger partial charge in [-0.1, -0.05) is 0 Å². The van der Waals surface area contributed by atoms with Gasteiger partial charge in [-0.25, -0.2) is 9.18 Å². The molecular weight excluding hydrogens is 390 g/mol. The molecule has 0 aliphatic carbocycles. The number of ether oxygens (including phenoxy) is 1. The lowest BCUT2D eigenvalue weighted by Gasteiger charge is -2.39. The summed E-state index contributed by atoms with van der Waals surface area (Å²) in [6.45, 7) is 5.37. The van der Waals surface area contributed by atoms with E-state index in [0.29, 0.717) is 18.9 Å². The van der Waals surface area contributed by atoms with Crippen LogP contribution < -0.4 is 0 Å². The third-order valence-corrected chi connectivity index (χ3v) is 5.46. The quantitative estimate of drug-likeness (QED) is 0.643. The molecule has 2 bridgehead atoms. The number of nitrogens with zero attached hydrogens (tertiary/aromatic N) is 1. The van der Waals surface area contributed by atoms with Crippen LogP contribution in [0.4, 0.5) is 22.4 Å². The molecule has 2 saturated heterocycles. The molecular formula is C21H25F4NO3. The Balaban J connectivity index is 1.68. The fourth-order valence-electron chi connectivity index (χ4n) is 4.31. The SMILES string of the molecule is CC(C)(C)OC(=O)N1C2CCC1CC(C(=O)Cc1cc(F)cc(C(F)(F)F)c1)C2. The first-order valence-electron chi connectivity index (χ1n) is 9.74. The Morgan fingerprint density at radius 3 is 2.17 bits per heavy atom. The lowest BCUT2D eigenvalue weighted by Crippen LogP contribution is -2.49. The lowest BCUT2D eigenvalue weighted by molar-refractivity contribution is -0.138. The molecule has 29 heavy (non-hydrogen) atoms. The fraction of sp³-hybridized carbons (Fsp3) is 0.619. The zero-order valence-electron chi connectivity index (χ0n) is 16.7. The number of Topliss-reactive ketones (excluding diaryl/α,β-unsaturated/α-hetero) is 1. The maximum Gasteiger partial charge on any atom is 0.416 e. The second-order valence-corrected chi connectivity index (χ2v) is 8.93. The van der Waals surface area contributed by atoms with Crippen molar-refractivity contribution in [3.8, 4) is 0 Å². The molecule has 2 fully saturated rings. The van der Waals surface area contributed by atoms with Gasteiger partial charge in [-0.15, -0.1) is 0 Å². The molecule has 0 aromatic heterocycles. The van der Waals surface area contributed by atoms with Gasteiger partial charge >= 0.3 is 12.3 Å². The Bertz CT molecular complexity index is 786. The van der Waals surface area contributed by atoms with Crippen molar-refractivity contribution in [2.75, 3.05) is 0 Å². The second-order valence-electron chi connectivity index (χ2n) is 8.93. The van der Waals surface area contributed by atoms with Crippen molar-refractivity contribution in [3.05, 3.63) is 35.1 Å². The monoisotopic (exact) mass is 415 g/mol. The molecule has 2 unspecified atom stereocenters. The van der Waals surface area contributed by atoms with Gasteiger partial charge in [0.2, 0.25) is 0 Å². The molecule has 0 radical (unpaired) electrons.